The van der Waals surface area contributed by atoms with Crippen LogP contribution < -0.4 is 0 Å². The van der Waals surface area contributed by atoms with Gasteiger partial charge in [-0.15, -0.1) is 0 Å². The minimum Gasteiger partial charge on any atom is -0.465 e. The van der Waals surface area contributed by atoms with E-state index in [0.29, 0.717) is 0 Å². The fourth-order valence-corrected chi connectivity index (χ4v) is 1.06. The molecule has 1 heterocycles. The Morgan fingerprint density at radius 1 is 1.69 bits per heavy atom. The Hall–Kier alpha value is -1.16. The number of hydrogen-bond donors (Lipinski definition) is 0. The normalized spacial score (nSPS) is 9.85. The van der Waals surface area contributed by atoms with Gasteiger partial charge >= 0.3 is 5.97 Å². The number of nitrogens with zero attached hydrogens (tertiary/aromatic N) is 1. The Morgan fingerprint density at radius 3 is 2.85 bits per heavy atom. The van der Waals surface area contributed by atoms with Gasteiger partial charge in [0.05, 0.1) is 17.8 Å². The zero-order valence-electron chi connectivity index (χ0n) is 7.10. The van der Waals surface area contributed by atoms with Crippen LogP contribution in [0.4, 0.5) is 4.39 Å². The van der Waals surface area contributed by atoms with Crippen LogP contribution >= 0.6 is 11.6 Å². The van der Waals surface area contributed by atoms with Gasteiger partial charge in [-0.2, -0.15) is 0 Å². The Kier molecular flexibility index (Phi) is 2.83. The molecule has 0 unspecified atom stereocenters. The standard InChI is InChI=1S/C8H7ClFNO2/c1-4-7(10)6(8(12)13-2)5(9)3-11-4/h3H,1-2H3. The van der Waals surface area contributed by atoms with Crippen molar-refractivity contribution in [2.24, 2.45) is 0 Å². The smallest absolute Gasteiger partial charge is 0.342 e. The Balaban J connectivity index is 3.33. The van der Waals surface area contributed by atoms with E-state index < -0.39 is 11.8 Å². The molecule has 0 radical (unpaired) electrons. The van der Waals surface area contributed by atoms with Crippen molar-refractivity contribution in [3.63, 3.8) is 0 Å². The molecule has 1 aromatic heterocycles. The summed E-state index contributed by atoms with van der Waals surface area (Å²) in [5.74, 6) is -1.53. The molecule has 0 saturated heterocycles. The lowest BCUT2D eigenvalue weighted by molar-refractivity contribution is 0.0595. The summed E-state index contributed by atoms with van der Waals surface area (Å²) in [5, 5.41) is -0.0463. The third-order valence-electron chi connectivity index (χ3n) is 1.54. The van der Waals surface area contributed by atoms with Crippen molar-refractivity contribution >= 4 is 17.6 Å². The molecule has 5 heteroatoms. The van der Waals surface area contributed by atoms with E-state index in [1.54, 1.807) is 0 Å². The van der Waals surface area contributed by atoms with Gasteiger partial charge in [-0.1, -0.05) is 11.6 Å². The molecule has 0 aliphatic carbocycles. The van der Waals surface area contributed by atoms with Crippen LogP contribution in [-0.4, -0.2) is 18.1 Å². The van der Waals surface area contributed by atoms with Crippen LogP contribution in [0.25, 0.3) is 0 Å². The second-order valence-electron chi connectivity index (χ2n) is 2.37. The maximum Gasteiger partial charge on any atom is 0.342 e. The highest BCUT2D eigenvalue weighted by Gasteiger charge is 2.18. The molecule has 0 aromatic carbocycles. The van der Waals surface area contributed by atoms with Gasteiger partial charge < -0.3 is 4.74 Å². The van der Waals surface area contributed by atoms with Gasteiger partial charge in [0.1, 0.15) is 5.56 Å². The highest BCUT2D eigenvalue weighted by Crippen LogP contribution is 2.20. The van der Waals surface area contributed by atoms with E-state index in [0.717, 1.165) is 7.11 Å². The molecular weight excluding hydrogens is 197 g/mol. The van der Waals surface area contributed by atoms with E-state index in [1.165, 1.54) is 13.1 Å². The van der Waals surface area contributed by atoms with Gasteiger partial charge in [0.25, 0.3) is 0 Å². The molecule has 70 valence electrons. The molecule has 0 bridgehead atoms. The van der Waals surface area contributed by atoms with E-state index in [9.17, 15) is 9.18 Å². The number of aryl methyl sites for hydroxylation is 1. The van der Waals surface area contributed by atoms with Crippen LogP contribution in [0.2, 0.25) is 5.02 Å². The first-order valence-electron chi connectivity index (χ1n) is 3.46. The number of carbonyl (C=O) groups excluding carboxylic acids is 1. The third kappa shape index (κ3) is 1.78. The van der Waals surface area contributed by atoms with Crippen LogP contribution in [0.3, 0.4) is 0 Å². The van der Waals surface area contributed by atoms with E-state index in [2.05, 4.69) is 9.72 Å². The van der Waals surface area contributed by atoms with Crippen LogP contribution in [0.5, 0.6) is 0 Å². The summed E-state index contributed by atoms with van der Waals surface area (Å²) in [6.45, 7) is 1.44. The van der Waals surface area contributed by atoms with Gasteiger partial charge in [-0.3, -0.25) is 4.98 Å². The first-order valence-corrected chi connectivity index (χ1v) is 3.84. The minimum absolute atomic E-state index is 0.0463. The lowest BCUT2D eigenvalue weighted by Crippen LogP contribution is -2.07. The van der Waals surface area contributed by atoms with Crippen LogP contribution in [-0.2, 0) is 4.74 Å². The largest absolute Gasteiger partial charge is 0.465 e. The van der Waals surface area contributed by atoms with Crippen molar-refractivity contribution < 1.29 is 13.9 Å². The number of ether oxygens (including phenoxy) is 1. The minimum atomic E-state index is -0.798. The monoisotopic (exact) mass is 203 g/mol. The van der Waals surface area contributed by atoms with Crippen molar-refractivity contribution in [3.8, 4) is 0 Å². The average Bonchev–Trinajstić information content (AvgIpc) is 2.12. The second-order valence-corrected chi connectivity index (χ2v) is 2.78. The quantitative estimate of drug-likeness (QED) is 0.655. The molecule has 0 aliphatic heterocycles. The molecule has 0 spiro atoms. The lowest BCUT2D eigenvalue weighted by atomic mass is 10.2. The van der Waals surface area contributed by atoms with Crippen molar-refractivity contribution in [1.29, 1.82) is 0 Å². The number of carbonyl (C=O) groups is 1. The Bertz CT molecular complexity index is 354. The van der Waals surface area contributed by atoms with E-state index >= 15 is 0 Å². The summed E-state index contributed by atoms with van der Waals surface area (Å²) in [4.78, 5) is 14.7. The van der Waals surface area contributed by atoms with Crippen molar-refractivity contribution in [2.45, 2.75) is 6.92 Å². The number of methoxy groups -OCH3 is 1. The number of hydrogen-bond acceptors (Lipinski definition) is 3. The fraction of sp³-hybridized carbons (Fsp3) is 0.250. The molecule has 3 nitrogen and oxygen atoms in total. The molecule has 1 rings (SSSR count). The van der Waals surface area contributed by atoms with Crippen LogP contribution in [0.1, 0.15) is 16.1 Å². The topological polar surface area (TPSA) is 39.2 Å². The van der Waals surface area contributed by atoms with E-state index in [4.69, 9.17) is 11.6 Å². The molecule has 1 aromatic rings. The summed E-state index contributed by atoms with van der Waals surface area (Å²) in [6, 6.07) is 0. The fourth-order valence-electron chi connectivity index (χ4n) is 0.850. The van der Waals surface area contributed by atoms with Gasteiger partial charge in [0.2, 0.25) is 0 Å². The zero-order valence-corrected chi connectivity index (χ0v) is 7.85. The molecule has 0 saturated carbocycles. The van der Waals surface area contributed by atoms with E-state index in [1.807, 2.05) is 0 Å². The summed E-state index contributed by atoms with van der Waals surface area (Å²) in [6.07, 6.45) is 1.21. The maximum atomic E-state index is 13.3. The van der Waals surface area contributed by atoms with Crippen molar-refractivity contribution in [1.82, 2.24) is 4.98 Å². The average molecular weight is 204 g/mol. The first kappa shape index (κ1) is 9.92. The highest BCUT2D eigenvalue weighted by atomic mass is 35.5. The zero-order chi connectivity index (χ0) is 10.0. The number of esters is 1. The number of halogens is 2. The maximum absolute atomic E-state index is 13.3. The van der Waals surface area contributed by atoms with E-state index in [-0.39, 0.29) is 16.3 Å². The van der Waals surface area contributed by atoms with Gasteiger partial charge in [0.15, 0.2) is 5.82 Å². The number of pyridine rings is 1. The Morgan fingerprint density at radius 2 is 2.31 bits per heavy atom. The molecule has 0 N–H and O–H groups in total. The SMILES string of the molecule is COC(=O)c1c(Cl)cnc(C)c1F. The molecule has 0 atom stereocenters. The molecule has 0 amide bonds. The van der Waals surface area contributed by atoms with Gasteiger partial charge in [0, 0.05) is 6.20 Å². The lowest BCUT2D eigenvalue weighted by Gasteiger charge is -2.04. The van der Waals surface area contributed by atoms with Crippen LogP contribution in [0, 0.1) is 12.7 Å². The van der Waals surface area contributed by atoms with Crippen LogP contribution in [0.15, 0.2) is 6.20 Å². The molecule has 0 aliphatic rings. The summed E-state index contributed by atoms with van der Waals surface area (Å²) in [5.41, 5.74) is -0.151. The van der Waals surface area contributed by atoms with Crippen molar-refractivity contribution in [2.75, 3.05) is 7.11 Å². The predicted molar refractivity (Wildman–Crippen MR) is 45.3 cm³/mol. The van der Waals surface area contributed by atoms with Gasteiger partial charge in [-0.25, -0.2) is 9.18 Å². The molecular formula is C8H7ClFNO2. The highest BCUT2D eigenvalue weighted by molar-refractivity contribution is 6.33. The first-order chi connectivity index (χ1) is 6.07. The molecule has 13 heavy (non-hydrogen) atoms. The predicted octanol–water partition coefficient (Wildman–Crippen LogP) is 1.97. The second kappa shape index (κ2) is 3.70. The summed E-state index contributed by atoms with van der Waals surface area (Å²) in [7, 11) is 1.16. The summed E-state index contributed by atoms with van der Waals surface area (Å²) >= 11 is 5.57. The van der Waals surface area contributed by atoms with Gasteiger partial charge in [-0.05, 0) is 6.92 Å². The molecule has 0 fully saturated rings. The summed E-state index contributed by atoms with van der Waals surface area (Å²) < 4.78 is 17.6. The number of aromatic nitrogens is 1. The Labute approximate surface area is 79.5 Å². The number of rotatable bonds is 1. The van der Waals surface area contributed by atoms with Crippen molar-refractivity contribution in [3.05, 3.63) is 28.3 Å². The third-order valence-corrected chi connectivity index (χ3v) is 1.82.